The third-order valence-corrected chi connectivity index (χ3v) is 4.86. The normalized spacial score (nSPS) is 38.8. The summed E-state index contributed by atoms with van der Waals surface area (Å²) in [7, 11) is 0. The van der Waals surface area contributed by atoms with Crippen molar-refractivity contribution in [3.63, 3.8) is 0 Å². The molecule has 0 bridgehead atoms. The number of carboxylic acids is 2. The fourth-order valence-corrected chi connectivity index (χ4v) is 3.57. The standard InChI is InChI=1S/C12H8F10O4/c13-8(14)4-2(6(23)24)1-3(7(25)26)5(4)9(15,16)11(19,20)12(21,22)10(8,17)18/h2-5H,1H2,(H,23,24)(H,25,26)/t2-,3+,4+,5-. The molecule has 0 aromatic heterocycles. The molecule has 0 saturated heterocycles. The van der Waals surface area contributed by atoms with Gasteiger partial charge in [-0.25, -0.2) is 0 Å². The van der Waals surface area contributed by atoms with E-state index >= 15 is 0 Å². The quantitative estimate of drug-likeness (QED) is 0.691. The van der Waals surface area contributed by atoms with E-state index in [0.717, 1.165) is 0 Å². The second-order valence-electron chi connectivity index (χ2n) is 6.15. The Hall–Kier alpha value is -1.76. The van der Waals surface area contributed by atoms with E-state index in [4.69, 9.17) is 10.2 Å². The van der Waals surface area contributed by atoms with Gasteiger partial charge in [0.15, 0.2) is 0 Å². The molecule has 2 fully saturated rings. The predicted molar refractivity (Wildman–Crippen MR) is 58.6 cm³/mol. The minimum absolute atomic E-state index is 1.64. The predicted octanol–water partition coefficient (Wildman–Crippen LogP) is 3.21. The summed E-state index contributed by atoms with van der Waals surface area (Å²) in [5.41, 5.74) is 0. The van der Waals surface area contributed by atoms with Crippen molar-refractivity contribution in [1.29, 1.82) is 0 Å². The van der Waals surface area contributed by atoms with Crippen LogP contribution in [0.25, 0.3) is 0 Å². The minimum atomic E-state index is -7.29. The molecule has 0 radical (unpaired) electrons. The Morgan fingerprint density at radius 1 is 0.615 bits per heavy atom. The molecule has 0 aromatic rings. The van der Waals surface area contributed by atoms with Crippen molar-refractivity contribution in [1.82, 2.24) is 0 Å². The van der Waals surface area contributed by atoms with E-state index in [9.17, 15) is 53.5 Å². The monoisotopic (exact) mass is 406 g/mol. The maximum absolute atomic E-state index is 14.1. The molecule has 2 aliphatic rings. The zero-order chi connectivity index (χ0) is 20.7. The topological polar surface area (TPSA) is 74.6 Å². The molecule has 26 heavy (non-hydrogen) atoms. The summed E-state index contributed by atoms with van der Waals surface area (Å²) >= 11 is 0. The molecule has 2 N–H and O–H groups in total. The number of halogens is 10. The average Bonchev–Trinajstić information content (AvgIpc) is 2.87. The highest BCUT2D eigenvalue weighted by molar-refractivity contribution is 5.76. The molecule has 0 aliphatic heterocycles. The molecule has 0 unspecified atom stereocenters. The van der Waals surface area contributed by atoms with Crippen LogP contribution in [0.15, 0.2) is 0 Å². The Balaban J connectivity index is 2.90. The largest absolute Gasteiger partial charge is 0.481 e. The van der Waals surface area contributed by atoms with E-state index in [0.29, 0.717) is 0 Å². The van der Waals surface area contributed by atoms with E-state index < -0.39 is 71.6 Å². The first-order valence-electron chi connectivity index (χ1n) is 6.72. The van der Waals surface area contributed by atoms with Crippen LogP contribution in [0.2, 0.25) is 0 Å². The van der Waals surface area contributed by atoms with Crippen LogP contribution in [0.5, 0.6) is 0 Å². The fourth-order valence-electron chi connectivity index (χ4n) is 3.57. The summed E-state index contributed by atoms with van der Waals surface area (Å²) in [5.74, 6) is -53.0. The van der Waals surface area contributed by atoms with Crippen molar-refractivity contribution < 1.29 is 63.7 Å². The molecule has 150 valence electrons. The summed E-state index contributed by atoms with van der Waals surface area (Å²) in [6.45, 7) is 0. The van der Waals surface area contributed by atoms with E-state index in [1.807, 2.05) is 0 Å². The van der Waals surface area contributed by atoms with E-state index in [2.05, 4.69) is 0 Å². The molecule has 0 amide bonds. The van der Waals surface area contributed by atoms with Gasteiger partial charge in [-0.1, -0.05) is 0 Å². The third kappa shape index (κ3) is 2.03. The lowest BCUT2D eigenvalue weighted by Crippen LogP contribution is -2.65. The first-order chi connectivity index (χ1) is 11.4. The lowest BCUT2D eigenvalue weighted by atomic mass is 9.78. The molecule has 0 heterocycles. The molecular formula is C12H8F10O4. The zero-order valence-electron chi connectivity index (χ0n) is 12.0. The number of rotatable bonds is 2. The lowest BCUT2D eigenvalue weighted by molar-refractivity contribution is -0.391. The van der Waals surface area contributed by atoms with Crippen molar-refractivity contribution in [3.05, 3.63) is 0 Å². The van der Waals surface area contributed by atoms with Crippen molar-refractivity contribution in [2.24, 2.45) is 23.7 Å². The lowest BCUT2D eigenvalue weighted by Gasteiger charge is -2.37. The van der Waals surface area contributed by atoms with Gasteiger partial charge in [-0.3, -0.25) is 9.59 Å². The van der Waals surface area contributed by atoms with Crippen molar-refractivity contribution in [2.75, 3.05) is 0 Å². The van der Waals surface area contributed by atoms with Crippen LogP contribution in [-0.4, -0.2) is 51.8 Å². The molecule has 14 heteroatoms. The minimum Gasteiger partial charge on any atom is -0.481 e. The van der Waals surface area contributed by atoms with Gasteiger partial charge in [0.1, 0.15) is 0 Å². The van der Waals surface area contributed by atoms with Gasteiger partial charge in [-0.05, 0) is 6.42 Å². The Kier molecular flexibility index (Phi) is 4.07. The highest BCUT2D eigenvalue weighted by Crippen LogP contribution is 2.69. The first-order valence-corrected chi connectivity index (χ1v) is 6.72. The number of carboxylic acid groups (broad SMARTS) is 2. The Bertz CT molecular complexity index is 594. The van der Waals surface area contributed by atoms with Crippen LogP contribution in [0, 0.1) is 23.7 Å². The first kappa shape index (κ1) is 20.6. The van der Waals surface area contributed by atoms with Gasteiger partial charge < -0.3 is 10.2 Å². The Labute approximate surface area is 136 Å². The van der Waals surface area contributed by atoms with E-state index in [1.54, 1.807) is 0 Å². The SMILES string of the molecule is O=C(O)[C@H]1C[C@@H](C(=O)O)[C@H]2[C@@H]1C(F)(F)C(F)(F)C(F)(F)C(F)(F)C2(F)F. The average molecular weight is 406 g/mol. The zero-order valence-corrected chi connectivity index (χ0v) is 12.0. The van der Waals surface area contributed by atoms with Gasteiger partial charge in [-0.2, -0.15) is 43.9 Å². The smallest absolute Gasteiger partial charge is 0.384 e. The van der Waals surface area contributed by atoms with Gasteiger partial charge >= 0.3 is 41.6 Å². The van der Waals surface area contributed by atoms with Gasteiger partial charge in [0.25, 0.3) is 0 Å². The number of hydrogen-bond acceptors (Lipinski definition) is 2. The van der Waals surface area contributed by atoms with Crippen LogP contribution in [0.3, 0.4) is 0 Å². The number of aliphatic carboxylic acids is 2. The molecule has 0 aromatic carbocycles. The van der Waals surface area contributed by atoms with Crippen molar-refractivity contribution in [2.45, 2.75) is 36.0 Å². The van der Waals surface area contributed by atoms with Crippen molar-refractivity contribution in [3.8, 4) is 0 Å². The van der Waals surface area contributed by atoms with Gasteiger partial charge in [0.2, 0.25) is 0 Å². The van der Waals surface area contributed by atoms with Crippen LogP contribution in [0.1, 0.15) is 6.42 Å². The van der Waals surface area contributed by atoms with Crippen LogP contribution < -0.4 is 0 Å². The van der Waals surface area contributed by atoms with Gasteiger partial charge in [0, 0.05) is 0 Å². The summed E-state index contributed by atoms with van der Waals surface area (Å²) in [5, 5.41) is 17.6. The Morgan fingerprint density at radius 3 is 1.12 bits per heavy atom. The van der Waals surface area contributed by atoms with Gasteiger partial charge in [-0.15, -0.1) is 0 Å². The van der Waals surface area contributed by atoms with E-state index in [-0.39, 0.29) is 0 Å². The summed E-state index contributed by atoms with van der Waals surface area (Å²) in [4.78, 5) is 22.0. The number of alkyl halides is 10. The maximum atomic E-state index is 14.1. The molecule has 2 saturated carbocycles. The Morgan fingerprint density at radius 2 is 0.885 bits per heavy atom. The summed E-state index contributed by atoms with van der Waals surface area (Å²) in [6, 6.07) is 0. The van der Waals surface area contributed by atoms with Crippen molar-refractivity contribution >= 4 is 11.9 Å². The van der Waals surface area contributed by atoms with Crippen LogP contribution in [-0.2, 0) is 9.59 Å². The molecule has 4 atom stereocenters. The fraction of sp³-hybridized carbons (Fsp3) is 0.833. The third-order valence-electron chi connectivity index (χ3n) is 4.86. The van der Waals surface area contributed by atoms with Gasteiger partial charge in [0.05, 0.1) is 23.7 Å². The second kappa shape index (κ2) is 5.15. The highest BCUT2D eigenvalue weighted by Gasteiger charge is 2.93. The number of carbonyl (C=O) groups is 2. The number of fused-ring (bicyclic) bond motifs is 1. The van der Waals surface area contributed by atoms with E-state index in [1.165, 1.54) is 0 Å². The molecular weight excluding hydrogens is 398 g/mol. The molecule has 2 aliphatic carbocycles. The summed E-state index contributed by atoms with van der Waals surface area (Å²) < 4.78 is 138. The molecule has 0 spiro atoms. The second-order valence-corrected chi connectivity index (χ2v) is 6.15. The molecule has 2 rings (SSSR count). The van der Waals surface area contributed by atoms with Crippen LogP contribution >= 0.6 is 0 Å². The molecule has 4 nitrogen and oxygen atoms in total. The van der Waals surface area contributed by atoms with Crippen LogP contribution in [0.4, 0.5) is 43.9 Å². The maximum Gasteiger partial charge on any atom is 0.384 e. The number of hydrogen-bond donors (Lipinski definition) is 2. The summed E-state index contributed by atoms with van der Waals surface area (Å²) in [6.07, 6.45) is -1.64. The highest BCUT2D eigenvalue weighted by atomic mass is 19.4.